The van der Waals surface area contributed by atoms with E-state index in [0.29, 0.717) is 11.8 Å². The molecule has 0 aromatic carbocycles. The Morgan fingerprint density at radius 2 is 1.11 bits per heavy atom. The van der Waals surface area contributed by atoms with Crippen molar-refractivity contribution in [3.05, 3.63) is 0 Å². The van der Waals surface area contributed by atoms with E-state index in [9.17, 15) is 0 Å². The summed E-state index contributed by atoms with van der Waals surface area (Å²) in [5, 5.41) is 0. The lowest BCUT2D eigenvalue weighted by atomic mass is 10.1. The van der Waals surface area contributed by atoms with Crippen molar-refractivity contribution in [1.82, 2.24) is 0 Å². The summed E-state index contributed by atoms with van der Waals surface area (Å²) in [6.45, 7) is 15.3. The van der Waals surface area contributed by atoms with Crippen molar-refractivity contribution in [2.24, 2.45) is 11.8 Å². The molecule has 19 heavy (non-hydrogen) atoms. The first kappa shape index (κ1) is 19.1. The van der Waals surface area contributed by atoms with Gasteiger partial charge in [0.25, 0.3) is 0 Å². The van der Waals surface area contributed by atoms with Gasteiger partial charge in [0.2, 0.25) is 0 Å². The van der Waals surface area contributed by atoms with Gasteiger partial charge in [0.1, 0.15) is 0 Å². The van der Waals surface area contributed by atoms with Crippen LogP contribution in [0.25, 0.3) is 0 Å². The van der Waals surface area contributed by atoms with Crippen molar-refractivity contribution in [3.63, 3.8) is 0 Å². The lowest BCUT2D eigenvalue weighted by molar-refractivity contribution is 0.129. The molecule has 0 radical (unpaired) electrons. The summed E-state index contributed by atoms with van der Waals surface area (Å²) in [5.74, 6) is 1.32. The zero-order valence-electron chi connectivity index (χ0n) is 14.1. The van der Waals surface area contributed by atoms with Gasteiger partial charge in [-0.05, 0) is 36.8 Å². The molecule has 3 heteroatoms. The molecule has 0 aromatic heterocycles. The van der Waals surface area contributed by atoms with Crippen LogP contribution in [0, 0.1) is 11.8 Å². The third-order valence-electron chi connectivity index (χ3n) is 3.90. The topological polar surface area (TPSA) is 18.5 Å². The Hall–Kier alpha value is 0.137. The summed E-state index contributed by atoms with van der Waals surface area (Å²) in [7, 11) is -1.93. The van der Waals surface area contributed by atoms with E-state index in [4.69, 9.17) is 8.85 Å². The third kappa shape index (κ3) is 8.11. The van der Waals surface area contributed by atoms with E-state index in [0.717, 1.165) is 25.3 Å². The molecule has 0 N–H and O–H groups in total. The Morgan fingerprint density at radius 1 is 0.737 bits per heavy atom. The van der Waals surface area contributed by atoms with E-state index >= 15 is 0 Å². The summed E-state index contributed by atoms with van der Waals surface area (Å²) >= 11 is 0. The van der Waals surface area contributed by atoms with Gasteiger partial charge in [-0.15, -0.1) is 0 Å². The second-order valence-corrected chi connectivity index (χ2v) is 9.84. The van der Waals surface area contributed by atoms with Crippen LogP contribution in [0.5, 0.6) is 0 Å². The smallest absolute Gasteiger partial charge is 0.337 e. The van der Waals surface area contributed by atoms with Crippen molar-refractivity contribution >= 4 is 8.56 Å². The molecule has 0 aromatic rings. The van der Waals surface area contributed by atoms with Crippen LogP contribution in [0.3, 0.4) is 0 Å². The molecule has 2 atom stereocenters. The Morgan fingerprint density at radius 3 is 1.37 bits per heavy atom. The number of hydrogen-bond acceptors (Lipinski definition) is 2. The van der Waals surface area contributed by atoms with Gasteiger partial charge in [-0.1, -0.05) is 54.4 Å². The van der Waals surface area contributed by atoms with Gasteiger partial charge >= 0.3 is 8.56 Å². The normalized spacial score (nSPS) is 15.5. The molecule has 0 amide bonds. The first-order valence-corrected chi connectivity index (χ1v) is 10.5. The van der Waals surface area contributed by atoms with Crippen LogP contribution < -0.4 is 0 Å². The summed E-state index contributed by atoms with van der Waals surface area (Å²) < 4.78 is 12.6. The van der Waals surface area contributed by atoms with Crippen LogP contribution in [0.4, 0.5) is 0 Å². The molecule has 0 spiro atoms. The fourth-order valence-electron chi connectivity index (χ4n) is 2.44. The maximum Gasteiger partial charge on any atom is 0.337 e. The van der Waals surface area contributed by atoms with Crippen LogP contribution in [-0.2, 0) is 8.85 Å². The molecule has 0 saturated carbocycles. The fraction of sp³-hybridized carbons (Fsp3) is 1.00. The molecule has 0 aliphatic heterocycles. The van der Waals surface area contributed by atoms with Gasteiger partial charge in [-0.2, -0.15) is 0 Å². The molecule has 2 unspecified atom stereocenters. The highest BCUT2D eigenvalue weighted by Gasteiger charge is 2.34. The van der Waals surface area contributed by atoms with Crippen molar-refractivity contribution in [2.45, 2.75) is 79.3 Å². The SMILES string of the molecule is CCCC(C)CO[Si](CC)(CC)OCC(C)CCC. The van der Waals surface area contributed by atoms with Crippen molar-refractivity contribution < 1.29 is 8.85 Å². The zero-order valence-corrected chi connectivity index (χ0v) is 15.1. The van der Waals surface area contributed by atoms with Crippen molar-refractivity contribution in [3.8, 4) is 0 Å². The van der Waals surface area contributed by atoms with Gasteiger partial charge < -0.3 is 8.85 Å². The minimum atomic E-state index is -1.93. The van der Waals surface area contributed by atoms with Gasteiger partial charge in [0, 0.05) is 13.2 Å². The lowest BCUT2D eigenvalue weighted by Crippen LogP contribution is -2.43. The molecule has 0 aliphatic carbocycles. The van der Waals surface area contributed by atoms with E-state index in [-0.39, 0.29) is 0 Å². The third-order valence-corrected chi connectivity index (χ3v) is 7.44. The van der Waals surface area contributed by atoms with E-state index in [1.54, 1.807) is 0 Å². The molecule has 0 saturated heterocycles. The van der Waals surface area contributed by atoms with E-state index < -0.39 is 8.56 Å². The first-order chi connectivity index (χ1) is 9.03. The van der Waals surface area contributed by atoms with Crippen LogP contribution in [-0.4, -0.2) is 21.8 Å². The largest absolute Gasteiger partial charge is 0.394 e. The molecule has 0 rings (SSSR count). The van der Waals surface area contributed by atoms with Crippen LogP contribution in [0.1, 0.15) is 67.2 Å². The monoisotopic (exact) mass is 288 g/mol. The van der Waals surface area contributed by atoms with Crippen molar-refractivity contribution in [2.75, 3.05) is 13.2 Å². The Bertz CT molecular complexity index is 187. The highest BCUT2D eigenvalue weighted by molar-refractivity contribution is 6.67. The number of hydrogen-bond donors (Lipinski definition) is 0. The predicted octanol–water partition coefficient (Wildman–Crippen LogP) is 5.37. The second kappa shape index (κ2) is 10.9. The maximum atomic E-state index is 6.29. The van der Waals surface area contributed by atoms with E-state index in [1.807, 2.05) is 0 Å². The standard InChI is InChI=1S/C16H36O2Si/c1-7-11-15(5)13-17-19(9-3,10-4)18-14-16(6)12-8-2/h15-16H,7-14H2,1-6H3. The summed E-state index contributed by atoms with van der Waals surface area (Å²) in [6.07, 6.45) is 4.99. The molecule has 2 nitrogen and oxygen atoms in total. The van der Waals surface area contributed by atoms with E-state index in [1.165, 1.54) is 25.7 Å². The summed E-state index contributed by atoms with van der Waals surface area (Å²) in [6, 6.07) is 2.14. The van der Waals surface area contributed by atoms with Gasteiger partial charge in [-0.25, -0.2) is 0 Å². The zero-order chi connectivity index (χ0) is 14.7. The van der Waals surface area contributed by atoms with Gasteiger partial charge in [0.05, 0.1) is 0 Å². The average molecular weight is 289 g/mol. The Kier molecular flexibility index (Phi) is 10.9. The summed E-state index contributed by atoms with van der Waals surface area (Å²) in [5.41, 5.74) is 0. The molecule has 0 bridgehead atoms. The summed E-state index contributed by atoms with van der Waals surface area (Å²) in [4.78, 5) is 0. The molecular weight excluding hydrogens is 252 g/mol. The second-order valence-electron chi connectivity index (χ2n) is 6.03. The highest BCUT2D eigenvalue weighted by Crippen LogP contribution is 2.22. The molecular formula is C16H36O2Si. The Labute approximate surface area is 122 Å². The lowest BCUT2D eigenvalue weighted by Gasteiger charge is -2.31. The van der Waals surface area contributed by atoms with Crippen LogP contribution in [0.2, 0.25) is 12.1 Å². The highest BCUT2D eigenvalue weighted by atomic mass is 28.4. The fourth-order valence-corrected chi connectivity index (χ4v) is 5.02. The van der Waals surface area contributed by atoms with Crippen LogP contribution >= 0.6 is 0 Å². The molecule has 116 valence electrons. The minimum absolute atomic E-state index is 0.659. The predicted molar refractivity (Wildman–Crippen MR) is 86.8 cm³/mol. The van der Waals surface area contributed by atoms with E-state index in [2.05, 4.69) is 41.5 Å². The van der Waals surface area contributed by atoms with Crippen molar-refractivity contribution in [1.29, 1.82) is 0 Å². The van der Waals surface area contributed by atoms with Crippen LogP contribution in [0.15, 0.2) is 0 Å². The Balaban J connectivity index is 4.24. The molecule has 0 fully saturated rings. The minimum Gasteiger partial charge on any atom is -0.394 e. The molecule has 0 aliphatic rings. The first-order valence-electron chi connectivity index (χ1n) is 8.31. The average Bonchev–Trinajstić information content (AvgIpc) is 2.40. The van der Waals surface area contributed by atoms with Gasteiger partial charge in [-0.3, -0.25) is 0 Å². The molecule has 0 heterocycles. The quantitative estimate of drug-likeness (QED) is 0.449. The van der Waals surface area contributed by atoms with Gasteiger partial charge in [0.15, 0.2) is 0 Å². The maximum absolute atomic E-state index is 6.29. The number of rotatable bonds is 12.